The zero-order valence-corrected chi connectivity index (χ0v) is 17.4. The van der Waals surface area contributed by atoms with E-state index in [1.165, 1.54) is 0 Å². The van der Waals surface area contributed by atoms with Gasteiger partial charge in [0.25, 0.3) is 0 Å². The van der Waals surface area contributed by atoms with E-state index >= 15 is 0 Å². The molecule has 0 bridgehead atoms. The van der Waals surface area contributed by atoms with Crippen LogP contribution in [-0.4, -0.2) is 24.7 Å². The van der Waals surface area contributed by atoms with Crippen molar-refractivity contribution >= 4 is 11.7 Å². The number of rotatable bonds is 10. The molecular formula is C25H27NO4. The lowest BCUT2D eigenvalue weighted by Crippen LogP contribution is -2.17. The fourth-order valence-corrected chi connectivity index (χ4v) is 3.12. The number of carboxylic acid groups (broad SMARTS) is 1. The first-order chi connectivity index (χ1) is 14.5. The van der Waals surface area contributed by atoms with Crippen LogP contribution in [0.3, 0.4) is 0 Å². The fraction of sp³-hybridized carbons (Fsp3) is 0.240. The quantitative estimate of drug-likeness (QED) is 0.342. The van der Waals surface area contributed by atoms with Crippen molar-refractivity contribution in [3.8, 4) is 17.1 Å². The highest BCUT2D eigenvalue weighted by atomic mass is 16.5. The molecule has 2 aromatic carbocycles. The Labute approximate surface area is 177 Å². The number of hydrogen-bond donors (Lipinski definition) is 1. The van der Waals surface area contributed by atoms with Gasteiger partial charge in [0.05, 0.1) is 12.9 Å². The van der Waals surface area contributed by atoms with Crippen LogP contribution in [0.25, 0.3) is 11.3 Å². The van der Waals surface area contributed by atoms with Crippen LogP contribution in [-0.2, 0) is 11.3 Å². The maximum atomic E-state index is 10.8. The third kappa shape index (κ3) is 5.77. The fourth-order valence-electron chi connectivity index (χ4n) is 3.12. The molecule has 0 fully saturated rings. The Kier molecular flexibility index (Phi) is 7.33. The lowest BCUT2D eigenvalue weighted by molar-refractivity contribution is -0.132. The lowest BCUT2D eigenvalue weighted by atomic mass is 10.1. The molecule has 0 unspecified atom stereocenters. The molecule has 30 heavy (non-hydrogen) atoms. The number of allylic oxidation sites excluding steroid dienone is 1. The maximum Gasteiger partial charge on any atom is 0.330 e. The zero-order valence-electron chi connectivity index (χ0n) is 17.4. The Bertz CT molecular complexity index is 975. The highest BCUT2D eigenvalue weighted by Crippen LogP contribution is 2.26. The number of carboxylic acids is 1. The molecule has 1 heterocycles. The summed E-state index contributed by atoms with van der Waals surface area (Å²) in [6.45, 7) is 2.87. The number of ether oxygens (including phenoxy) is 1. The molecule has 0 aliphatic heterocycles. The Hall–Kier alpha value is -3.47. The van der Waals surface area contributed by atoms with Crippen molar-refractivity contribution in [1.29, 1.82) is 0 Å². The third-order valence-corrected chi connectivity index (χ3v) is 4.89. The Morgan fingerprint density at radius 2 is 1.87 bits per heavy atom. The number of carbonyl (C=O) groups is 1. The molecule has 0 spiro atoms. The van der Waals surface area contributed by atoms with Gasteiger partial charge < -0.3 is 19.2 Å². The zero-order chi connectivity index (χ0) is 21.3. The second-order valence-corrected chi connectivity index (χ2v) is 7.17. The molecule has 1 N–H and O–H groups in total. The summed E-state index contributed by atoms with van der Waals surface area (Å²) in [5.41, 5.74) is 3.63. The first kappa shape index (κ1) is 21.2. The predicted molar refractivity (Wildman–Crippen MR) is 119 cm³/mol. The Balaban J connectivity index is 1.57. The van der Waals surface area contributed by atoms with E-state index in [9.17, 15) is 4.79 Å². The normalized spacial score (nSPS) is 11.3. The first-order valence-electron chi connectivity index (χ1n) is 10.0. The van der Waals surface area contributed by atoms with Gasteiger partial charge in [-0.05, 0) is 62.2 Å². The average Bonchev–Trinajstić information content (AvgIpc) is 3.29. The number of para-hydroxylation sites is 1. The van der Waals surface area contributed by atoms with Gasteiger partial charge in [-0.2, -0.15) is 0 Å². The summed E-state index contributed by atoms with van der Waals surface area (Å²) in [7, 11) is 2.05. The summed E-state index contributed by atoms with van der Waals surface area (Å²) >= 11 is 0. The highest BCUT2D eigenvalue weighted by Gasteiger charge is 2.09. The van der Waals surface area contributed by atoms with Crippen LogP contribution in [0.1, 0.15) is 25.3 Å². The molecule has 0 atom stereocenters. The summed E-state index contributed by atoms with van der Waals surface area (Å²) in [5.74, 6) is 0.841. The molecular weight excluding hydrogens is 378 g/mol. The maximum absolute atomic E-state index is 10.8. The molecule has 0 radical (unpaired) electrons. The molecule has 0 saturated carbocycles. The minimum atomic E-state index is -0.874. The van der Waals surface area contributed by atoms with Crippen molar-refractivity contribution in [3.05, 3.63) is 84.1 Å². The van der Waals surface area contributed by atoms with Crippen molar-refractivity contribution in [2.75, 3.05) is 18.6 Å². The summed E-state index contributed by atoms with van der Waals surface area (Å²) in [4.78, 5) is 13.0. The van der Waals surface area contributed by atoms with Crippen molar-refractivity contribution in [2.24, 2.45) is 0 Å². The minimum absolute atomic E-state index is 0.370. The van der Waals surface area contributed by atoms with Gasteiger partial charge >= 0.3 is 5.97 Å². The monoisotopic (exact) mass is 405 g/mol. The van der Waals surface area contributed by atoms with Gasteiger partial charge in [-0.3, -0.25) is 0 Å². The van der Waals surface area contributed by atoms with E-state index in [1.54, 1.807) is 19.3 Å². The van der Waals surface area contributed by atoms with Crippen LogP contribution < -0.4 is 9.64 Å². The number of hydrogen-bond acceptors (Lipinski definition) is 4. The van der Waals surface area contributed by atoms with Crippen molar-refractivity contribution in [1.82, 2.24) is 0 Å². The summed E-state index contributed by atoms with van der Waals surface area (Å²) < 4.78 is 11.4. The standard InChI is InChI=1S/C25H27NO4/c1-19(25(27)28)8-5-6-16-29-24-10-4-3-9-21(24)18-26(2)22-14-12-20(13-15-22)23-11-7-17-30-23/h3-4,7-15,17H,5-6,16,18H2,1-2H3,(H,27,28)/b19-8+. The summed E-state index contributed by atoms with van der Waals surface area (Å²) in [6, 6.07) is 20.1. The molecule has 0 amide bonds. The van der Waals surface area contributed by atoms with Crippen LogP contribution >= 0.6 is 0 Å². The van der Waals surface area contributed by atoms with Crippen LogP contribution in [0.2, 0.25) is 0 Å². The van der Waals surface area contributed by atoms with E-state index in [1.807, 2.05) is 30.3 Å². The molecule has 156 valence electrons. The van der Waals surface area contributed by atoms with Crippen molar-refractivity contribution < 1.29 is 19.1 Å². The Morgan fingerprint density at radius 1 is 1.10 bits per heavy atom. The number of benzene rings is 2. The van der Waals surface area contributed by atoms with Crippen LogP contribution in [0.4, 0.5) is 5.69 Å². The van der Waals surface area contributed by atoms with Crippen LogP contribution in [0.5, 0.6) is 5.75 Å². The topological polar surface area (TPSA) is 62.9 Å². The van der Waals surface area contributed by atoms with Gasteiger partial charge in [0.15, 0.2) is 0 Å². The van der Waals surface area contributed by atoms with E-state index in [2.05, 4.69) is 42.3 Å². The molecule has 0 saturated heterocycles. The number of anilines is 1. The number of unbranched alkanes of at least 4 members (excludes halogenated alkanes) is 1. The van der Waals surface area contributed by atoms with Gasteiger partial charge in [0.2, 0.25) is 0 Å². The predicted octanol–water partition coefficient (Wildman–Crippen LogP) is 5.77. The van der Waals surface area contributed by atoms with Gasteiger partial charge in [-0.25, -0.2) is 4.79 Å². The van der Waals surface area contributed by atoms with E-state index in [0.29, 0.717) is 25.1 Å². The molecule has 0 aliphatic carbocycles. The molecule has 3 aromatic rings. The van der Waals surface area contributed by atoms with Crippen LogP contribution in [0, 0.1) is 0 Å². The Morgan fingerprint density at radius 3 is 2.57 bits per heavy atom. The summed E-state index contributed by atoms with van der Waals surface area (Å²) in [6.07, 6.45) is 4.86. The first-order valence-corrected chi connectivity index (χ1v) is 10.0. The number of nitrogens with zero attached hydrogens (tertiary/aromatic N) is 1. The van der Waals surface area contributed by atoms with E-state index in [0.717, 1.165) is 34.7 Å². The molecule has 1 aromatic heterocycles. The average molecular weight is 405 g/mol. The van der Waals surface area contributed by atoms with Crippen molar-refractivity contribution in [3.63, 3.8) is 0 Å². The highest BCUT2D eigenvalue weighted by molar-refractivity contribution is 5.85. The third-order valence-electron chi connectivity index (χ3n) is 4.89. The summed E-state index contributed by atoms with van der Waals surface area (Å²) in [5, 5.41) is 8.89. The number of aliphatic carboxylic acids is 1. The molecule has 5 nitrogen and oxygen atoms in total. The molecule has 5 heteroatoms. The van der Waals surface area contributed by atoms with Crippen molar-refractivity contribution in [2.45, 2.75) is 26.3 Å². The van der Waals surface area contributed by atoms with Gasteiger partial charge in [-0.1, -0.05) is 24.3 Å². The van der Waals surface area contributed by atoms with E-state index in [-0.39, 0.29) is 0 Å². The van der Waals surface area contributed by atoms with E-state index < -0.39 is 5.97 Å². The SMILES string of the molecule is C/C(=C\CCCOc1ccccc1CN(C)c1ccc(-c2ccco2)cc1)C(=O)O. The molecule has 3 rings (SSSR count). The second-order valence-electron chi connectivity index (χ2n) is 7.17. The lowest BCUT2D eigenvalue weighted by Gasteiger charge is -2.21. The minimum Gasteiger partial charge on any atom is -0.493 e. The number of furan rings is 1. The smallest absolute Gasteiger partial charge is 0.330 e. The van der Waals surface area contributed by atoms with Gasteiger partial charge in [0.1, 0.15) is 11.5 Å². The van der Waals surface area contributed by atoms with Crippen LogP contribution in [0.15, 0.2) is 83.0 Å². The second kappa shape index (κ2) is 10.3. The van der Waals surface area contributed by atoms with Gasteiger partial charge in [0, 0.05) is 36.0 Å². The van der Waals surface area contributed by atoms with Gasteiger partial charge in [-0.15, -0.1) is 0 Å². The molecule has 0 aliphatic rings. The largest absolute Gasteiger partial charge is 0.493 e. The van der Waals surface area contributed by atoms with E-state index in [4.69, 9.17) is 14.3 Å².